The molecule has 0 aromatic heterocycles. The summed E-state index contributed by atoms with van der Waals surface area (Å²) < 4.78 is 69.2. The van der Waals surface area contributed by atoms with Gasteiger partial charge in [-0.15, -0.1) is 0 Å². The number of rotatable bonds is 11. The van der Waals surface area contributed by atoms with Crippen molar-refractivity contribution < 1.29 is 31.2 Å². The lowest BCUT2D eigenvalue weighted by molar-refractivity contribution is -0.140. The number of carbonyl (C=O) groups is 2. The summed E-state index contributed by atoms with van der Waals surface area (Å²) in [6.07, 6.45) is -0.938. The molecule has 2 amide bonds. The maximum absolute atomic E-state index is 14.1. The summed E-state index contributed by atoms with van der Waals surface area (Å²) >= 11 is 6.40. The van der Waals surface area contributed by atoms with Crippen molar-refractivity contribution in [1.29, 1.82) is 0 Å². The zero-order chi connectivity index (χ0) is 31.2. The number of hydrogen-bond donors (Lipinski definition) is 1. The summed E-state index contributed by atoms with van der Waals surface area (Å²) in [5.74, 6) is -1.16. The molecule has 1 atom stereocenters. The van der Waals surface area contributed by atoms with Crippen LogP contribution in [0.4, 0.5) is 18.9 Å². The Morgan fingerprint density at radius 1 is 0.977 bits per heavy atom. The highest BCUT2D eigenvalue weighted by atomic mass is 35.5. The molecule has 0 heterocycles. The lowest BCUT2D eigenvalue weighted by atomic mass is 10.1. The van der Waals surface area contributed by atoms with Crippen molar-refractivity contribution in [1.82, 2.24) is 10.2 Å². The van der Waals surface area contributed by atoms with E-state index in [1.54, 1.807) is 37.3 Å². The largest absolute Gasteiger partial charge is 0.416 e. The molecule has 0 saturated heterocycles. The fourth-order valence-electron chi connectivity index (χ4n) is 5.18. The molecule has 1 saturated carbocycles. The van der Waals surface area contributed by atoms with Crippen LogP contribution in [0.15, 0.2) is 83.8 Å². The van der Waals surface area contributed by atoms with Gasteiger partial charge in [-0.05, 0) is 61.2 Å². The number of hydrogen-bond acceptors (Lipinski definition) is 4. The number of carbonyl (C=O) groups excluding carboxylic acids is 2. The molecule has 4 rings (SSSR count). The second-order valence-electron chi connectivity index (χ2n) is 10.4. The molecule has 1 fully saturated rings. The van der Waals surface area contributed by atoms with Crippen molar-refractivity contribution >= 4 is 39.1 Å². The van der Waals surface area contributed by atoms with E-state index in [9.17, 15) is 31.2 Å². The van der Waals surface area contributed by atoms with Crippen LogP contribution in [-0.2, 0) is 32.3 Å². The summed E-state index contributed by atoms with van der Waals surface area (Å²) in [5.41, 5.74) is -0.879. The number of alkyl halides is 3. The van der Waals surface area contributed by atoms with Crippen LogP contribution in [0, 0.1) is 0 Å². The third-order valence-corrected chi connectivity index (χ3v) is 9.61. The molecule has 3 aromatic rings. The monoisotopic (exact) mass is 635 g/mol. The smallest absolute Gasteiger partial charge is 0.352 e. The van der Waals surface area contributed by atoms with E-state index in [0.29, 0.717) is 21.0 Å². The molecule has 0 aliphatic heterocycles. The highest BCUT2D eigenvalue weighted by Crippen LogP contribution is 2.33. The van der Waals surface area contributed by atoms with E-state index in [4.69, 9.17) is 11.6 Å². The van der Waals surface area contributed by atoms with Crippen molar-refractivity contribution in [2.24, 2.45) is 0 Å². The Kier molecular flexibility index (Phi) is 10.4. The van der Waals surface area contributed by atoms with Gasteiger partial charge in [-0.2, -0.15) is 13.2 Å². The Balaban J connectivity index is 1.76. The van der Waals surface area contributed by atoms with Gasteiger partial charge < -0.3 is 10.2 Å². The SMILES string of the molecule is CC[C@H](C(=O)NC1CCCC1)N(Cc1ccccc1Cl)C(=O)CN(c1cccc(C(F)(F)F)c1)S(=O)(=O)c1ccccc1. The molecule has 7 nitrogen and oxygen atoms in total. The third-order valence-electron chi connectivity index (χ3n) is 7.46. The van der Waals surface area contributed by atoms with E-state index in [1.807, 2.05) is 0 Å². The van der Waals surface area contributed by atoms with Gasteiger partial charge in [-0.1, -0.05) is 73.8 Å². The van der Waals surface area contributed by atoms with Gasteiger partial charge in [0.2, 0.25) is 11.8 Å². The maximum atomic E-state index is 14.1. The van der Waals surface area contributed by atoms with Gasteiger partial charge >= 0.3 is 6.18 Å². The number of halogens is 4. The fourth-order valence-corrected chi connectivity index (χ4v) is 6.81. The predicted molar refractivity (Wildman–Crippen MR) is 159 cm³/mol. The summed E-state index contributed by atoms with van der Waals surface area (Å²) in [5, 5.41) is 3.35. The van der Waals surface area contributed by atoms with E-state index in [2.05, 4.69) is 5.32 Å². The van der Waals surface area contributed by atoms with Crippen LogP contribution in [0.3, 0.4) is 0 Å². The zero-order valence-electron chi connectivity index (χ0n) is 23.6. The van der Waals surface area contributed by atoms with Crippen molar-refractivity contribution in [2.45, 2.75) is 68.7 Å². The average molecular weight is 636 g/mol. The van der Waals surface area contributed by atoms with Gasteiger partial charge in [0.25, 0.3) is 10.0 Å². The summed E-state index contributed by atoms with van der Waals surface area (Å²) in [7, 11) is -4.51. The first-order valence-electron chi connectivity index (χ1n) is 14.0. The number of nitrogens with zero attached hydrogens (tertiary/aromatic N) is 2. The number of anilines is 1. The molecule has 43 heavy (non-hydrogen) atoms. The number of benzene rings is 3. The minimum atomic E-state index is -4.75. The first-order chi connectivity index (χ1) is 20.4. The van der Waals surface area contributed by atoms with Crippen molar-refractivity contribution in [3.8, 4) is 0 Å². The summed E-state index contributed by atoms with van der Waals surface area (Å²) in [6.45, 7) is 0.768. The average Bonchev–Trinajstić information content (AvgIpc) is 3.49. The van der Waals surface area contributed by atoms with Crippen molar-refractivity contribution in [3.05, 3.63) is 95.0 Å². The molecule has 1 aliphatic rings. The molecule has 230 valence electrons. The molecule has 0 unspecified atom stereocenters. The van der Waals surface area contributed by atoms with Gasteiger partial charge in [-0.3, -0.25) is 13.9 Å². The third kappa shape index (κ3) is 7.88. The van der Waals surface area contributed by atoms with Gasteiger partial charge in [0.05, 0.1) is 16.1 Å². The Hall–Kier alpha value is -3.57. The molecule has 1 aliphatic carbocycles. The Labute approximate surface area is 254 Å². The highest BCUT2D eigenvalue weighted by molar-refractivity contribution is 7.92. The Morgan fingerprint density at radius 3 is 2.26 bits per heavy atom. The van der Waals surface area contributed by atoms with Crippen LogP contribution >= 0.6 is 11.6 Å². The van der Waals surface area contributed by atoms with E-state index in [0.717, 1.165) is 37.8 Å². The van der Waals surface area contributed by atoms with Crippen LogP contribution in [0.5, 0.6) is 0 Å². The molecule has 1 N–H and O–H groups in total. The van der Waals surface area contributed by atoms with E-state index in [-0.39, 0.29) is 35.5 Å². The standard InChI is InChI=1S/C31H33ClF3N3O4S/c1-2-28(30(40)36-24-13-7-8-14-24)37(20-22-11-6-9-18-27(22)32)29(39)21-38(43(41,42)26-16-4-3-5-17-26)25-15-10-12-23(19-25)31(33,34)35/h3-6,9-12,15-19,24,28H,2,7-8,13-14,20-21H2,1H3,(H,36,40)/t28-/m1/s1. The Morgan fingerprint density at radius 2 is 1.63 bits per heavy atom. The minimum Gasteiger partial charge on any atom is -0.352 e. The molecule has 0 spiro atoms. The Bertz CT molecular complexity index is 1530. The summed E-state index contributed by atoms with van der Waals surface area (Å²) in [6, 6.07) is 16.7. The topological polar surface area (TPSA) is 86.8 Å². The van der Waals surface area contributed by atoms with E-state index < -0.39 is 40.3 Å². The van der Waals surface area contributed by atoms with Crippen LogP contribution in [0.1, 0.15) is 50.2 Å². The van der Waals surface area contributed by atoms with E-state index in [1.165, 1.54) is 35.2 Å². The fraction of sp³-hybridized carbons (Fsp3) is 0.355. The second-order valence-corrected chi connectivity index (χ2v) is 12.7. The van der Waals surface area contributed by atoms with E-state index >= 15 is 0 Å². The molecule has 12 heteroatoms. The predicted octanol–water partition coefficient (Wildman–Crippen LogP) is 6.42. The molecular formula is C31H33ClF3N3O4S. The number of nitrogens with one attached hydrogen (secondary N) is 1. The number of amides is 2. The lowest BCUT2D eigenvalue weighted by Crippen LogP contribution is -2.53. The molecular weight excluding hydrogens is 603 g/mol. The van der Waals surface area contributed by atoms with Crippen LogP contribution < -0.4 is 9.62 Å². The zero-order valence-corrected chi connectivity index (χ0v) is 25.1. The number of sulfonamides is 1. The minimum absolute atomic E-state index is 0.0288. The van der Waals surface area contributed by atoms with Crippen LogP contribution in [0.2, 0.25) is 5.02 Å². The van der Waals surface area contributed by atoms with Crippen molar-refractivity contribution in [3.63, 3.8) is 0 Å². The van der Waals surface area contributed by atoms with Gasteiger partial charge in [0.1, 0.15) is 12.6 Å². The van der Waals surface area contributed by atoms with Gasteiger partial charge in [0.15, 0.2) is 0 Å². The van der Waals surface area contributed by atoms with Crippen molar-refractivity contribution in [2.75, 3.05) is 10.8 Å². The van der Waals surface area contributed by atoms with Gasteiger partial charge in [0, 0.05) is 17.6 Å². The van der Waals surface area contributed by atoms with Gasteiger partial charge in [-0.25, -0.2) is 8.42 Å². The first-order valence-corrected chi connectivity index (χ1v) is 15.8. The second kappa shape index (κ2) is 13.8. The lowest BCUT2D eigenvalue weighted by Gasteiger charge is -2.34. The normalized spacial score (nSPS) is 14.7. The molecule has 3 aromatic carbocycles. The van der Waals surface area contributed by atoms with Crippen LogP contribution in [-0.4, -0.2) is 43.8 Å². The molecule has 0 radical (unpaired) electrons. The van der Waals surface area contributed by atoms with Crippen LogP contribution in [0.25, 0.3) is 0 Å². The first kappa shape index (κ1) is 32.3. The quantitative estimate of drug-likeness (QED) is 0.263. The molecule has 0 bridgehead atoms. The highest BCUT2D eigenvalue weighted by Gasteiger charge is 2.36. The summed E-state index contributed by atoms with van der Waals surface area (Å²) in [4.78, 5) is 28.7. The maximum Gasteiger partial charge on any atom is 0.416 e.